The summed E-state index contributed by atoms with van der Waals surface area (Å²) in [5.41, 5.74) is 0. The van der Waals surface area contributed by atoms with Crippen LogP contribution in [-0.2, 0) is 0 Å². The van der Waals surface area contributed by atoms with Gasteiger partial charge in [0.05, 0.1) is 0 Å². The largest absolute Gasteiger partial charge is 0.199 e. The fourth-order valence-electron chi connectivity index (χ4n) is 0.497. The van der Waals surface area contributed by atoms with Crippen molar-refractivity contribution in [3.8, 4) is 0 Å². The summed E-state index contributed by atoms with van der Waals surface area (Å²) in [4.78, 5) is 0. The van der Waals surface area contributed by atoms with Crippen LogP contribution in [0.4, 0.5) is 8.78 Å². The van der Waals surface area contributed by atoms with Gasteiger partial charge in [0.2, 0.25) is 0 Å². The van der Waals surface area contributed by atoms with Gasteiger partial charge >= 0.3 is 0 Å². The van der Waals surface area contributed by atoms with Gasteiger partial charge in [-0.2, -0.15) is 8.78 Å². The van der Waals surface area contributed by atoms with Crippen LogP contribution in [0.15, 0.2) is 22.5 Å². The molecule has 0 radical (unpaired) electrons. The van der Waals surface area contributed by atoms with Crippen LogP contribution >= 0.6 is 11.8 Å². The van der Waals surface area contributed by atoms with Crippen molar-refractivity contribution in [3.05, 3.63) is 22.5 Å². The van der Waals surface area contributed by atoms with E-state index >= 15 is 0 Å². The lowest BCUT2D eigenvalue weighted by atomic mass is 10.5. The minimum absolute atomic E-state index is 0.463. The van der Waals surface area contributed by atoms with E-state index in [1.165, 1.54) is 12.2 Å². The van der Waals surface area contributed by atoms with Crippen molar-refractivity contribution in [2.24, 2.45) is 0 Å². The molecule has 0 atom stereocenters. The fraction of sp³-hybridized carbons (Fsp3) is 0.500. The number of rotatable bonds is 4. The third kappa shape index (κ3) is 6.10. The van der Waals surface area contributed by atoms with E-state index in [1.807, 2.05) is 13.8 Å². The minimum Gasteiger partial charge on any atom is -0.199 e. The SMILES string of the molecule is CCC=C(F)SC(F)=CCC. The molecule has 0 bridgehead atoms. The summed E-state index contributed by atoms with van der Waals surface area (Å²) < 4.78 is 25.0. The summed E-state index contributed by atoms with van der Waals surface area (Å²) in [5.74, 6) is 0. The molecule has 0 rings (SSSR count). The van der Waals surface area contributed by atoms with Crippen molar-refractivity contribution >= 4 is 11.8 Å². The van der Waals surface area contributed by atoms with Crippen molar-refractivity contribution in [3.63, 3.8) is 0 Å². The highest BCUT2D eigenvalue weighted by Gasteiger charge is 1.98. The van der Waals surface area contributed by atoms with Crippen LogP contribution in [0.2, 0.25) is 0 Å². The van der Waals surface area contributed by atoms with Gasteiger partial charge in [-0.05, 0) is 36.8 Å². The van der Waals surface area contributed by atoms with Crippen LogP contribution in [0.25, 0.3) is 0 Å². The molecule has 0 amide bonds. The van der Waals surface area contributed by atoms with Gasteiger partial charge in [-0.25, -0.2) is 0 Å². The van der Waals surface area contributed by atoms with E-state index in [0.29, 0.717) is 24.6 Å². The summed E-state index contributed by atoms with van der Waals surface area (Å²) in [5, 5.41) is -0.926. The van der Waals surface area contributed by atoms with Gasteiger partial charge in [0.15, 0.2) is 10.3 Å². The van der Waals surface area contributed by atoms with Crippen molar-refractivity contribution in [2.45, 2.75) is 26.7 Å². The van der Waals surface area contributed by atoms with Gasteiger partial charge in [-0.15, -0.1) is 0 Å². The lowest BCUT2D eigenvalue weighted by molar-refractivity contribution is 0.675. The second-order valence-electron chi connectivity index (χ2n) is 1.94. The Hall–Kier alpha value is -0.310. The molecule has 3 heteroatoms. The molecule has 0 aromatic carbocycles. The summed E-state index contributed by atoms with van der Waals surface area (Å²) >= 11 is 0.538. The van der Waals surface area contributed by atoms with Crippen LogP contribution < -0.4 is 0 Å². The van der Waals surface area contributed by atoms with Crippen LogP contribution in [0, 0.1) is 0 Å². The zero-order valence-electron chi connectivity index (χ0n) is 6.73. The zero-order chi connectivity index (χ0) is 8.69. The summed E-state index contributed by atoms with van der Waals surface area (Å²) in [6, 6.07) is 0. The summed E-state index contributed by atoms with van der Waals surface area (Å²) in [6.07, 6.45) is 3.90. The molecule has 0 aromatic heterocycles. The molecule has 64 valence electrons. The first-order valence-electron chi connectivity index (χ1n) is 3.59. The molecule has 0 saturated carbocycles. The number of thioether (sulfide) groups is 1. The van der Waals surface area contributed by atoms with Gasteiger partial charge < -0.3 is 0 Å². The summed E-state index contributed by atoms with van der Waals surface area (Å²) in [7, 11) is 0. The average Bonchev–Trinajstić information content (AvgIpc) is 1.87. The first-order chi connectivity index (χ1) is 5.20. The third-order valence-electron chi connectivity index (χ3n) is 0.924. The molecule has 0 heterocycles. The Morgan fingerprint density at radius 3 is 1.73 bits per heavy atom. The average molecular weight is 178 g/mol. The third-order valence-corrected chi connectivity index (χ3v) is 1.65. The van der Waals surface area contributed by atoms with Crippen molar-refractivity contribution < 1.29 is 8.78 Å². The number of hydrogen-bond acceptors (Lipinski definition) is 1. The quantitative estimate of drug-likeness (QED) is 0.622. The Labute approximate surface area is 70.4 Å². The zero-order valence-corrected chi connectivity index (χ0v) is 7.55. The molecule has 0 N–H and O–H groups in total. The molecule has 0 nitrogen and oxygen atoms in total. The molecular formula is C8H12F2S. The molecular weight excluding hydrogens is 166 g/mol. The van der Waals surface area contributed by atoms with E-state index in [1.54, 1.807) is 0 Å². The van der Waals surface area contributed by atoms with E-state index in [4.69, 9.17) is 0 Å². The van der Waals surface area contributed by atoms with E-state index < -0.39 is 10.3 Å². The van der Waals surface area contributed by atoms with Crippen molar-refractivity contribution in [1.29, 1.82) is 0 Å². The molecule has 0 aliphatic heterocycles. The molecule has 11 heavy (non-hydrogen) atoms. The van der Waals surface area contributed by atoms with Crippen molar-refractivity contribution in [2.75, 3.05) is 0 Å². The van der Waals surface area contributed by atoms with Gasteiger partial charge in [-0.1, -0.05) is 13.8 Å². The molecule has 0 aliphatic rings. The van der Waals surface area contributed by atoms with Crippen LogP contribution in [-0.4, -0.2) is 0 Å². The maximum atomic E-state index is 12.5. The lowest BCUT2D eigenvalue weighted by Crippen LogP contribution is -1.67. The number of halogens is 2. The lowest BCUT2D eigenvalue weighted by Gasteiger charge is -1.92. The van der Waals surface area contributed by atoms with Crippen LogP contribution in [0.1, 0.15) is 26.7 Å². The monoisotopic (exact) mass is 178 g/mol. The predicted molar refractivity (Wildman–Crippen MR) is 46.6 cm³/mol. The highest BCUT2D eigenvalue weighted by atomic mass is 32.2. The molecule has 0 aliphatic carbocycles. The standard InChI is InChI=1S/C8H12F2S/c1-3-5-7(9)11-8(10)6-4-2/h5-6H,3-4H2,1-2H3. The Balaban J connectivity index is 3.84. The van der Waals surface area contributed by atoms with Crippen molar-refractivity contribution in [1.82, 2.24) is 0 Å². The predicted octanol–water partition coefficient (Wildman–Crippen LogP) is 4.16. The first-order valence-corrected chi connectivity index (χ1v) is 4.41. The summed E-state index contributed by atoms with van der Waals surface area (Å²) in [6.45, 7) is 3.61. The molecule has 0 spiro atoms. The topological polar surface area (TPSA) is 0 Å². The second kappa shape index (κ2) is 6.40. The highest BCUT2D eigenvalue weighted by Crippen LogP contribution is 2.27. The maximum absolute atomic E-state index is 12.5. The normalized spacial score (nSPS) is 13.8. The Kier molecular flexibility index (Phi) is 6.22. The van der Waals surface area contributed by atoms with Crippen LogP contribution in [0.3, 0.4) is 0 Å². The molecule has 0 unspecified atom stereocenters. The minimum atomic E-state index is -0.463. The molecule has 0 aromatic rings. The van der Waals surface area contributed by atoms with Crippen LogP contribution in [0.5, 0.6) is 0 Å². The van der Waals surface area contributed by atoms with Gasteiger partial charge in [0.25, 0.3) is 0 Å². The first kappa shape index (κ1) is 10.7. The van der Waals surface area contributed by atoms with E-state index in [-0.39, 0.29) is 0 Å². The number of allylic oxidation sites excluding steroid dienone is 2. The van der Waals surface area contributed by atoms with E-state index in [9.17, 15) is 8.78 Å². The fourth-order valence-corrected chi connectivity index (χ4v) is 1.18. The molecule has 0 fully saturated rings. The van der Waals surface area contributed by atoms with Gasteiger partial charge in [-0.3, -0.25) is 0 Å². The Morgan fingerprint density at radius 2 is 1.45 bits per heavy atom. The van der Waals surface area contributed by atoms with Gasteiger partial charge in [0, 0.05) is 0 Å². The Bertz CT molecular complexity index is 143. The Morgan fingerprint density at radius 1 is 1.09 bits per heavy atom. The smallest absolute Gasteiger partial charge is 0.159 e. The van der Waals surface area contributed by atoms with Gasteiger partial charge in [0.1, 0.15) is 0 Å². The number of hydrogen-bond donors (Lipinski definition) is 0. The second-order valence-corrected chi connectivity index (χ2v) is 2.92. The van der Waals surface area contributed by atoms with E-state index in [2.05, 4.69) is 0 Å². The van der Waals surface area contributed by atoms with E-state index in [0.717, 1.165) is 0 Å². The highest BCUT2D eigenvalue weighted by molar-refractivity contribution is 8.06. The maximum Gasteiger partial charge on any atom is 0.159 e. The molecule has 0 saturated heterocycles.